The van der Waals surface area contributed by atoms with Crippen LogP contribution >= 0.6 is 0 Å². The first-order chi connectivity index (χ1) is 12.5. The predicted octanol–water partition coefficient (Wildman–Crippen LogP) is 1.54. The lowest BCUT2D eigenvalue weighted by Crippen LogP contribution is -2.37. The van der Waals surface area contributed by atoms with Crippen LogP contribution in [0.25, 0.3) is 5.52 Å². The van der Waals surface area contributed by atoms with Gasteiger partial charge in [-0.3, -0.25) is 14.3 Å². The number of H-pyrrole nitrogens is 1. The minimum absolute atomic E-state index is 0.0321. The van der Waals surface area contributed by atoms with Crippen LogP contribution in [-0.4, -0.2) is 61.7 Å². The zero-order valence-electron chi connectivity index (χ0n) is 14.5. The summed E-state index contributed by atoms with van der Waals surface area (Å²) in [4.78, 5) is 22.8. The summed E-state index contributed by atoms with van der Waals surface area (Å²) in [6.07, 6.45) is 3.60. The van der Waals surface area contributed by atoms with Crippen LogP contribution in [0.2, 0.25) is 0 Å². The fourth-order valence-electron chi connectivity index (χ4n) is 3.32. The molecule has 0 radical (unpaired) electrons. The van der Waals surface area contributed by atoms with Gasteiger partial charge in [0.15, 0.2) is 5.82 Å². The van der Waals surface area contributed by atoms with Crippen LogP contribution in [0, 0.1) is 12.7 Å². The molecule has 26 heavy (non-hydrogen) atoms. The lowest BCUT2D eigenvalue weighted by atomic mass is 10.0. The minimum Gasteiger partial charge on any atom is -0.376 e. The first-order valence-electron chi connectivity index (χ1n) is 8.42. The standard InChI is InChI=1S/C17H19FN6O2/c1-10-20-15(22-21-10)11-5-7-26-14(11)9-23(2)17(25)16-19-8-13-12(18)4-3-6-24(13)16/h3-4,6,8,11,14H,5,7,9H2,1-2H3,(H,20,21,22)/t11-,14-/m1/s1. The van der Waals surface area contributed by atoms with Crippen molar-refractivity contribution in [2.45, 2.75) is 25.4 Å². The Hall–Kier alpha value is -2.81. The van der Waals surface area contributed by atoms with Crippen molar-refractivity contribution in [2.24, 2.45) is 0 Å². The number of hydrogen-bond acceptors (Lipinski definition) is 5. The number of amides is 1. The molecular formula is C17H19FN6O2. The highest BCUT2D eigenvalue weighted by Crippen LogP contribution is 2.29. The van der Waals surface area contributed by atoms with Crippen LogP contribution in [0.4, 0.5) is 4.39 Å². The average molecular weight is 358 g/mol. The molecule has 0 aliphatic carbocycles. The number of carbonyl (C=O) groups is 1. The van der Waals surface area contributed by atoms with E-state index in [2.05, 4.69) is 20.2 Å². The summed E-state index contributed by atoms with van der Waals surface area (Å²) in [5.41, 5.74) is 0.274. The van der Waals surface area contributed by atoms with E-state index in [1.165, 1.54) is 16.7 Å². The molecule has 4 rings (SSSR count). The minimum atomic E-state index is -0.416. The maximum Gasteiger partial charge on any atom is 0.290 e. The van der Waals surface area contributed by atoms with Crippen molar-refractivity contribution in [1.82, 2.24) is 29.5 Å². The quantitative estimate of drug-likeness (QED) is 0.764. The molecule has 1 saturated heterocycles. The monoisotopic (exact) mass is 358 g/mol. The van der Waals surface area contributed by atoms with Crippen LogP contribution in [0.3, 0.4) is 0 Å². The van der Waals surface area contributed by atoms with Gasteiger partial charge in [-0.25, -0.2) is 14.4 Å². The lowest BCUT2D eigenvalue weighted by Gasteiger charge is -2.23. The average Bonchev–Trinajstić information content (AvgIpc) is 3.34. The summed E-state index contributed by atoms with van der Waals surface area (Å²) >= 11 is 0. The number of nitrogens with one attached hydrogen (secondary N) is 1. The summed E-state index contributed by atoms with van der Waals surface area (Å²) in [7, 11) is 1.69. The van der Waals surface area contributed by atoms with Crippen molar-refractivity contribution in [3.8, 4) is 0 Å². The predicted molar refractivity (Wildman–Crippen MR) is 90.3 cm³/mol. The van der Waals surface area contributed by atoms with Crippen molar-refractivity contribution in [2.75, 3.05) is 20.2 Å². The molecule has 4 heterocycles. The number of imidazole rings is 1. The van der Waals surface area contributed by atoms with E-state index in [0.717, 1.165) is 12.2 Å². The van der Waals surface area contributed by atoms with Gasteiger partial charge in [0.2, 0.25) is 5.82 Å². The lowest BCUT2D eigenvalue weighted by molar-refractivity contribution is 0.0541. The highest BCUT2D eigenvalue weighted by molar-refractivity contribution is 5.91. The van der Waals surface area contributed by atoms with E-state index in [1.807, 2.05) is 6.92 Å². The molecule has 136 valence electrons. The Morgan fingerprint density at radius 1 is 1.54 bits per heavy atom. The number of aromatic amines is 1. The number of aryl methyl sites for hydroxylation is 1. The summed E-state index contributed by atoms with van der Waals surface area (Å²) in [5, 5.41) is 7.07. The maximum absolute atomic E-state index is 13.8. The van der Waals surface area contributed by atoms with Gasteiger partial charge in [0.25, 0.3) is 5.91 Å². The molecule has 1 amide bonds. The SMILES string of the molecule is Cc1nc([C@@H]2CCO[C@@H]2CN(C)C(=O)c2ncc3c(F)cccn23)n[nH]1. The van der Waals surface area contributed by atoms with Crippen LogP contribution < -0.4 is 0 Å². The molecule has 1 fully saturated rings. The second kappa shape index (κ2) is 6.49. The second-order valence-corrected chi connectivity index (χ2v) is 6.46. The van der Waals surface area contributed by atoms with Gasteiger partial charge in [-0.15, -0.1) is 0 Å². The normalized spacial score (nSPS) is 20.0. The van der Waals surface area contributed by atoms with Gasteiger partial charge in [-0.2, -0.15) is 5.10 Å². The topological polar surface area (TPSA) is 88.4 Å². The highest BCUT2D eigenvalue weighted by Gasteiger charge is 2.34. The molecule has 3 aromatic rings. The summed E-state index contributed by atoms with van der Waals surface area (Å²) < 4.78 is 21.1. The molecule has 1 aliphatic heterocycles. The van der Waals surface area contributed by atoms with Crippen LogP contribution in [0.15, 0.2) is 24.5 Å². The summed E-state index contributed by atoms with van der Waals surface area (Å²) in [6.45, 7) is 2.82. The molecule has 8 nitrogen and oxygen atoms in total. The van der Waals surface area contributed by atoms with Gasteiger partial charge in [-0.05, 0) is 25.5 Å². The Kier molecular flexibility index (Phi) is 4.15. The number of ether oxygens (including phenoxy) is 1. The number of nitrogens with zero attached hydrogens (tertiary/aromatic N) is 5. The van der Waals surface area contributed by atoms with Crippen LogP contribution in [0.1, 0.15) is 34.6 Å². The van der Waals surface area contributed by atoms with Crippen LogP contribution in [0.5, 0.6) is 0 Å². The molecule has 0 unspecified atom stereocenters. The van der Waals surface area contributed by atoms with Gasteiger partial charge in [0.05, 0.1) is 18.2 Å². The zero-order valence-corrected chi connectivity index (χ0v) is 14.5. The van der Waals surface area contributed by atoms with Crippen LogP contribution in [-0.2, 0) is 4.74 Å². The Morgan fingerprint density at radius 3 is 3.15 bits per heavy atom. The third kappa shape index (κ3) is 2.84. The molecule has 0 bridgehead atoms. The van der Waals surface area contributed by atoms with E-state index in [-0.39, 0.29) is 29.3 Å². The molecule has 1 aliphatic rings. The van der Waals surface area contributed by atoms with Gasteiger partial charge in [-0.1, -0.05) is 0 Å². The molecule has 2 atom stereocenters. The number of aromatic nitrogens is 5. The largest absolute Gasteiger partial charge is 0.376 e. The summed E-state index contributed by atoms with van der Waals surface area (Å²) in [5.74, 6) is 0.951. The first-order valence-corrected chi connectivity index (χ1v) is 8.42. The third-order valence-electron chi connectivity index (χ3n) is 4.67. The van der Waals surface area contributed by atoms with Gasteiger partial charge in [0, 0.05) is 26.4 Å². The van der Waals surface area contributed by atoms with Gasteiger partial charge >= 0.3 is 0 Å². The van der Waals surface area contributed by atoms with E-state index in [4.69, 9.17) is 4.74 Å². The molecule has 1 N–H and O–H groups in total. The fourth-order valence-corrected chi connectivity index (χ4v) is 3.32. The zero-order chi connectivity index (χ0) is 18.3. The van der Waals surface area contributed by atoms with Gasteiger partial charge < -0.3 is 9.64 Å². The number of carbonyl (C=O) groups excluding carboxylic acids is 1. The van der Waals surface area contributed by atoms with Gasteiger partial charge in [0.1, 0.15) is 17.2 Å². The van der Waals surface area contributed by atoms with Crippen molar-refractivity contribution in [3.63, 3.8) is 0 Å². The van der Waals surface area contributed by atoms with Crippen molar-refractivity contribution >= 4 is 11.4 Å². The number of likely N-dealkylation sites (N-methyl/N-ethyl adjacent to an activating group) is 1. The number of fused-ring (bicyclic) bond motifs is 1. The van der Waals surface area contributed by atoms with Crippen molar-refractivity contribution < 1.29 is 13.9 Å². The molecular weight excluding hydrogens is 339 g/mol. The molecule has 0 aromatic carbocycles. The maximum atomic E-state index is 13.8. The van der Waals surface area contributed by atoms with E-state index in [9.17, 15) is 9.18 Å². The smallest absolute Gasteiger partial charge is 0.290 e. The van der Waals surface area contributed by atoms with Crippen molar-refractivity contribution in [3.05, 3.63) is 47.8 Å². The number of pyridine rings is 1. The Bertz CT molecular complexity index is 952. The Morgan fingerprint density at radius 2 is 2.38 bits per heavy atom. The Balaban J connectivity index is 1.52. The number of hydrogen-bond donors (Lipinski definition) is 1. The third-order valence-corrected chi connectivity index (χ3v) is 4.67. The van der Waals surface area contributed by atoms with E-state index in [0.29, 0.717) is 19.0 Å². The van der Waals surface area contributed by atoms with E-state index < -0.39 is 5.82 Å². The molecule has 9 heteroatoms. The Labute approximate surface area is 149 Å². The molecule has 0 spiro atoms. The molecule has 0 saturated carbocycles. The molecule has 3 aromatic heterocycles. The first kappa shape index (κ1) is 16.6. The van der Waals surface area contributed by atoms with E-state index in [1.54, 1.807) is 24.2 Å². The number of rotatable bonds is 4. The van der Waals surface area contributed by atoms with E-state index >= 15 is 0 Å². The second-order valence-electron chi connectivity index (χ2n) is 6.46. The summed E-state index contributed by atoms with van der Waals surface area (Å²) in [6, 6.07) is 2.88. The van der Waals surface area contributed by atoms with Crippen molar-refractivity contribution in [1.29, 1.82) is 0 Å². The number of halogens is 1. The highest BCUT2D eigenvalue weighted by atomic mass is 19.1. The fraction of sp³-hybridized carbons (Fsp3) is 0.412.